The number of benzene rings is 1. The van der Waals surface area contributed by atoms with Gasteiger partial charge in [-0.15, -0.1) is 0 Å². The highest BCUT2D eigenvalue weighted by Crippen LogP contribution is 2.62. The van der Waals surface area contributed by atoms with Gasteiger partial charge in [-0.2, -0.15) is 0 Å². The molecule has 0 spiro atoms. The van der Waals surface area contributed by atoms with Crippen LogP contribution < -0.4 is 4.72 Å². The predicted molar refractivity (Wildman–Crippen MR) is 84.8 cm³/mol. The monoisotopic (exact) mass is 327 g/mol. The molecule has 21 heavy (non-hydrogen) atoms. The molecule has 1 aromatic rings. The average molecular weight is 328 g/mol. The second-order valence-corrected chi connectivity index (χ2v) is 9.57. The molecule has 0 amide bonds. The van der Waals surface area contributed by atoms with Crippen molar-refractivity contribution in [3.63, 3.8) is 0 Å². The van der Waals surface area contributed by atoms with Crippen molar-refractivity contribution in [3.05, 3.63) is 29.3 Å². The van der Waals surface area contributed by atoms with E-state index in [1.165, 1.54) is 6.42 Å². The summed E-state index contributed by atoms with van der Waals surface area (Å²) in [4.78, 5) is 0.286. The van der Waals surface area contributed by atoms with Crippen LogP contribution in [0.4, 0.5) is 0 Å². The predicted octanol–water partition coefficient (Wildman–Crippen LogP) is 3.83. The van der Waals surface area contributed by atoms with Crippen LogP contribution in [-0.2, 0) is 10.0 Å². The summed E-state index contributed by atoms with van der Waals surface area (Å²) in [6.45, 7) is 6.60. The van der Waals surface area contributed by atoms with E-state index in [-0.39, 0.29) is 21.8 Å². The lowest BCUT2D eigenvalue weighted by atomic mass is 9.69. The third-order valence-corrected chi connectivity index (χ3v) is 7.36. The summed E-state index contributed by atoms with van der Waals surface area (Å²) < 4.78 is 28.3. The largest absolute Gasteiger partial charge is 0.240 e. The molecule has 2 saturated carbocycles. The van der Waals surface area contributed by atoms with Crippen molar-refractivity contribution in [2.24, 2.45) is 16.7 Å². The van der Waals surface area contributed by atoms with Crippen LogP contribution in [0, 0.1) is 16.7 Å². The minimum atomic E-state index is -3.50. The van der Waals surface area contributed by atoms with E-state index in [1.807, 2.05) is 0 Å². The van der Waals surface area contributed by atoms with Gasteiger partial charge in [0.15, 0.2) is 0 Å². The topological polar surface area (TPSA) is 46.2 Å². The van der Waals surface area contributed by atoms with Crippen LogP contribution in [0.2, 0.25) is 5.02 Å². The summed E-state index contributed by atoms with van der Waals surface area (Å²) in [6, 6.07) is 6.35. The number of nitrogens with one attached hydrogen (secondary N) is 1. The lowest BCUT2D eigenvalue weighted by Gasteiger charge is -2.42. The van der Waals surface area contributed by atoms with Gasteiger partial charge in [-0.1, -0.05) is 32.4 Å². The Bertz CT molecular complexity index is 649. The third-order valence-electron chi connectivity index (χ3n) is 5.67. The van der Waals surface area contributed by atoms with Gasteiger partial charge in [0.25, 0.3) is 0 Å². The molecular formula is C16H22ClNO2S. The maximum atomic E-state index is 12.7. The van der Waals surface area contributed by atoms with Crippen LogP contribution in [0.3, 0.4) is 0 Å². The number of halogens is 1. The summed E-state index contributed by atoms with van der Waals surface area (Å²) in [5, 5.41) is 0.543. The molecule has 3 nitrogen and oxygen atoms in total. The SMILES string of the molecule is CC1(C)[C@@H]2CC[C@](C)(C2)[C@@H]1NS(=O)(=O)c1ccc(Cl)cc1. The van der Waals surface area contributed by atoms with Gasteiger partial charge in [-0.3, -0.25) is 0 Å². The fourth-order valence-electron chi connectivity index (χ4n) is 4.43. The normalized spacial score (nSPS) is 34.3. The molecule has 3 atom stereocenters. The zero-order valence-electron chi connectivity index (χ0n) is 12.7. The minimum Gasteiger partial charge on any atom is -0.207 e. The first kappa shape index (κ1) is 15.3. The van der Waals surface area contributed by atoms with E-state index in [2.05, 4.69) is 25.5 Å². The Labute approximate surface area is 132 Å². The highest BCUT2D eigenvalue weighted by atomic mass is 35.5. The molecule has 0 aromatic heterocycles. The van der Waals surface area contributed by atoms with Gasteiger partial charge >= 0.3 is 0 Å². The molecule has 0 heterocycles. The second-order valence-electron chi connectivity index (χ2n) is 7.42. The molecule has 2 aliphatic carbocycles. The summed E-state index contributed by atoms with van der Waals surface area (Å²) in [5.41, 5.74) is 0.0835. The van der Waals surface area contributed by atoms with Gasteiger partial charge in [0.05, 0.1) is 4.90 Å². The van der Waals surface area contributed by atoms with Crippen molar-refractivity contribution >= 4 is 21.6 Å². The van der Waals surface area contributed by atoms with E-state index < -0.39 is 10.0 Å². The van der Waals surface area contributed by atoms with Crippen LogP contribution in [0.25, 0.3) is 0 Å². The Morgan fingerprint density at radius 3 is 2.33 bits per heavy atom. The van der Waals surface area contributed by atoms with Gasteiger partial charge < -0.3 is 0 Å². The van der Waals surface area contributed by atoms with Gasteiger partial charge in [-0.05, 0) is 60.3 Å². The minimum absolute atomic E-state index is 0.00644. The van der Waals surface area contributed by atoms with E-state index in [0.29, 0.717) is 10.9 Å². The summed E-state index contributed by atoms with van der Waals surface area (Å²) >= 11 is 5.84. The molecule has 2 bridgehead atoms. The number of hydrogen-bond acceptors (Lipinski definition) is 2. The summed E-state index contributed by atoms with van der Waals surface area (Å²) in [7, 11) is -3.50. The van der Waals surface area contributed by atoms with Crippen molar-refractivity contribution in [1.29, 1.82) is 0 Å². The second kappa shape index (κ2) is 4.71. The maximum absolute atomic E-state index is 12.7. The fraction of sp³-hybridized carbons (Fsp3) is 0.625. The smallest absolute Gasteiger partial charge is 0.207 e. The molecule has 2 aliphatic rings. The van der Waals surface area contributed by atoms with Crippen LogP contribution in [-0.4, -0.2) is 14.5 Å². The first-order valence-electron chi connectivity index (χ1n) is 7.43. The Morgan fingerprint density at radius 1 is 1.19 bits per heavy atom. The van der Waals surface area contributed by atoms with Crippen molar-refractivity contribution in [3.8, 4) is 0 Å². The highest BCUT2D eigenvalue weighted by Gasteiger charge is 2.60. The Hall–Kier alpha value is -0.580. The van der Waals surface area contributed by atoms with Crippen molar-refractivity contribution in [2.45, 2.75) is 51.0 Å². The van der Waals surface area contributed by atoms with Crippen molar-refractivity contribution < 1.29 is 8.42 Å². The number of hydrogen-bond donors (Lipinski definition) is 1. The summed E-state index contributed by atoms with van der Waals surface area (Å²) in [6.07, 6.45) is 3.44. The molecule has 1 N–H and O–H groups in total. The standard InChI is InChI=1S/C16H22ClNO2S/c1-15(2)11-8-9-16(3,10-11)14(15)18-21(19,20)13-6-4-12(17)5-7-13/h4-7,11,14,18H,8-10H2,1-3H3/t11-,14-,16-/m1/s1. The first-order chi connectivity index (χ1) is 9.65. The van der Waals surface area contributed by atoms with Crippen molar-refractivity contribution in [2.75, 3.05) is 0 Å². The summed E-state index contributed by atoms with van der Waals surface area (Å²) in [5.74, 6) is 0.611. The van der Waals surface area contributed by atoms with Crippen LogP contribution >= 0.6 is 11.6 Å². The van der Waals surface area contributed by atoms with Crippen molar-refractivity contribution in [1.82, 2.24) is 4.72 Å². The Morgan fingerprint density at radius 2 is 1.81 bits per heavy atom. The van der Waals surface area contributed by atoms with Crippen LogP contribution in [0.15, 0.2) is 29.2 Å². The molecule has 0 unspecified atom stereocenters. The molecule has 0 radical (unpaired) electrons. The molecule has 3 rings (SSSR count). The Balaban J connectivity index is 1.91. The van der Waals surface area contributed by atoms with E-state index in [0.717, 1.165) is 12.8 Å². The molecule has 2 fully saturated rings. The zero-order valence-corrected chi connectivity index (χ0v) is 14.3. The Kier molecular flexibility index (Phi) is 3.43. The lowest BCUT2D eigenvalue weighted by molar-refractivity contribution is 0.127. The maximum Gasteiger partial charge on any atom is 0.240 e. The fourth-order valence-corrected chi connectivity index (χ4v) is 6.09. The number of sulfonamides is 1. The zero-order chi connectivity index (χ0) is 15.5. The number of rotatable bonds is 3. The molecule has 116 valence electrons. The number of fused-ring (bicyclic) bond motifs is 2. The quantitative estimate of drug-likeness (QED) is 0.917. The molecule has 5 heteroatoms. The van der Waals surface area contributed by atoms with Gasteiger partial charge in [-0.25, -0.2) is 13.1 Å². The lowest BCUT2D eigenvalue weighted by Crippen LogP contribution is -2.52. The van der Waals surface area contributed by atoms with E-state index >= 15 is 0 Å². The van der Waals surface area contributed by atoms with Gasteiger partial charge in [0, 0.05) is 11.1 Å². The van der Waals surface area contributed by atoms with Crippen LogP contribution in [0.5, 0.6) is 0 Å². The molecule has 0 aliphatic heterocycles. The first-order valence-corrected chi connectivity index (χ1v) is 9.29. The van der Waals surface area contributed by atoms with Gasteiger partial charge in [0.2, 0.25) is 10.0 Å². The molecule has 0 saturated heterocycles. The molecule has 1 aromatic carbocycles. The van der Waals surface area contributed by atoms with E-state index in [1.54, 1.807) is 24.3 Å². The highest BCUT2D eigenvalue weighted by molar-refractivity contribution is 7.89. The van der Waals surface area contributed by atoms with Crippen LogP contribution in [0.1, 0.15) is 40.0 Å². The van der Waals surface area contributed by atoms with Gasteiger partial charge in [0.1, 0.15) is 0 Å². The van der Waals surface area contributed by atoms with E-state index in [4.69, 9.17) is 11.6 Å². The average Bonchev–Trinajstić information content (AvgIpc) is 2.87. The third kappa shape index (κ3) is 2.41. The van der Waals surface area contributed by atoms with E-state index in [9.17, 15) is 8.42 Å². The molecular weight excluding hydrogens is 306 g/mol.